The summed E-state index contributed by atoms with van der Waals surface area (Å²) in [5.41, 5.74) is 1.13. The van der Waals surface area contributed by atoms with Crippen molar-refractivity contribution in [3.63, 3.8) is 0 Å². The van der Waals surface area contributed by atoms with Crippen LogP contribution in [0.4, 0.5) is 0 Å². The van der Waals surface area contributed by atoms with Crippen molar-refractivity contribution in [1.82, 2.24) is 9.78 Å². The van der Waals surface area contributed by atoms with Crippen LogP contribution >= 0.6 is 22.6 Å². The number of halogens is 1. The summed E-state index contributed by atoms with van der Waals surface area (Å²) < 4.78 is 8.90. The maximum Gasteiger partial charge on any atom is 0.102 e. The second-order valence-electron chi connectivity index (χ2n) is 4.14. The Morgan fingerprint density at radius 2 is 2.57 bits per heavy atom. The van der Waals surface area contributed by atoms with Crippen LogP contribution in [0.2, 0.25) is 0 Å². The minimum absolute atomic E-state index is 0.0583. The molecule has 1 aromatic rings. The van der Waals surface area contributed by atoms with E-state index in [4.69, 9.17) is 4.74 Å². The van der Waals surface area contributed by atoms with Crippen LogP contribution in [0.15, 0.2) is 12.3 Å². The first-order chi connectivity index (χ1) is 6.63. The van der Waals surface area contributed by atoms with Gasteiger partial charge in [-0.15, -0.1) is 0 Å². The molecule has 14 heavy (non-hydrogen) atoms. The molecule has 4 heteroatoms. The Labute approximate surface area is 98.0 Å². The Hall–Kier alpha value is -0.100. The minimum atomic E-state index is 0.0583. The first-order valence-electron chi connectivity index (χ1n) is 4.86. The number of rotatable bonds is 2. The number of alkyl halides is 1. The number of nitrogens with zero attached hydrogens (tertiary/aromatic N) is 2. The second-order valence-corrected chi connectivity index (χ2v) is 4.91. The molecule has 2 unspecified atom stereocenters. The topological polar surface area (TPSA) is 27.1 Å². The van der Waals surface area contributed by atoms with Crippen LogP contribution in [0.5, 0.6) is 0 Å². The van der Waals surface area contributed by atoms with E-state index in [1.807, 2.05) is 24.0 Å². The van der Waals surface area contributed by atoms with E-state index in [-0.39, 0.29) is 11.7 Å². The lowest BCUT2D eigenvalue weighted by atomic mass is 10.0. The van der Waals surface area contributed by atoms with E-state index in [1.165, 1.54) is 0 Å². The van der Waals surface area contributed by atoms with Crippen molar-refractivity contribution < 1.29 is 4.74 Å². The Bertz CT molecular complexity index is 326. The van der Waals surface area contributed by atoms with Crippen LogP contribution in [0.1, 0.15) is 31.6 Å². The minimum Gasteiger partial charge on any atom is -0.365 e. The fraction of sp³-hybridized carbons (Fsp3) is 0.700. The smallest absolute Gasteiger partial charge is 0.102 e. The lowest BCUT2D eigenvalue weighted by Gasteiger charge is -2.21. The monoisotopic (exact) mass is 306 g/mol. The van der Waals surface area contributed by atoms with Gasteiger partial charge in [0.05, 0.1) is 11.3 Å². The molecule has 0 aromatic carbocycles. The molecule has 1 saturated heterocycles. The number of ether oxygens (including phenoxy) is 1. The van der Waals surface area contributed by atoms with E-state index in [0.29, 0.717) is 0 Å². The zero-order valence-corrected chi connectivity index (χ0v) is 10.7. The Morgan fingerprint density at radius 1 is 1.79 bits per heavy atom. The molecule has 0 aliphatic carbocycles. The van der Waals surface area contributed by atoms with Crippen LogP contribution in [0.25, 0.3) is 0 Å². The standard InChI is InChI=1S/C10H15IN2O/c1-10(7-11)5-3-9(14-10)8-4-6-13(2)12-8/h4,6,9H,3,5,7H2,1-2H3. The third-order valence-electron chi connectivity index (χ3n) is 2.71. The predicted octanol–water partition coefficient (Wildman–Crippen LogP) is 2.47. The Kier molecular flexibility index (Phi) is 2.83. The van der Waals surface area contributed by atoms with Gasteiger partial charge in [-0.1, -0.05) is 22.6 Å². The molecule has 0 spiro atoms. The summed E-state index contributed by atoms with van der Waals surface area (Å²) in [6.45, 7) is 2.18. The van der Waals surface area contributed by atoms with E-state index in [9.17, 15) is 0 Å². The molecule has 1 fully saturated rings. The largest absolute Gasteiger partial charge is 0.365 e. The molecule has 2 atom stereocenters. The molecule has 0 N–H and O–H groups in total. The summed E-state index contributed by atoms with van der Waals surface area (Å²) in [7, 11) is 1.94. The highest BCUT2D eigenvalue weighted by Crippen LogP contribution is 2.39. The fourth-order valence-corrected chi connectivity index (χ4v) is 2.37. The van der Waals surface area contributed by atoms with Crippen LogP contribution < -0.4 is 0 Å². The van der Waals surface area contributed by atoms with Crippen LogP contribution in [0.3, 0.4) is 0 Å². The first kappa shape index (κ1) is 10.4. The van der Waals surface area contributed by atoms with Crippen molar-refractivity contribution in [1.29, 1.82) is 0 Å². The summed E-state index contributed by atoms with van der Waals surface area (Å²) >= 11 is 2.39. The predicted molar refractivity (Wildman–Crippen MR) is 63.6 cm³/mol. The molecule has 0 amide bonds. The molecule has 1 aromatic heterocycles. The van der Waals surface area contributed by atoms with Crippen LogP contribution in [0, 0.1) is 0 Å². The van der Waals surface area contributed by atoms with Crippen molar-refractivity contribution in [2.45, 2.75) is 31.5 Å². The lowest BCUT2D eigenvalue weighted by Crippen LogP contribution is -2.25. The van der Waals surface area contributed by atoms with Crippen molar-refractivity contribution in [2.24, 2.45) is 7.05 Å². The zero-order valence-electron chi connectivity index (χ0n) is 8.53. The molecule has 0 radical (unpaired) electrons. The Morgan fingerprint density at radius 3 is 3.07 bits per heavy atom. The van der Waals surface area contributed by atoms with Gasteiger partial charge in [0.2, 0.25) is 0 Å². The molecular formula is C10H15IN2O. The molecule has 1 aliphatic heterocycles. The lowest BCUT2D eigenvalue weighted by molar-refractivity contribution is -0.0129. The maximum atomic E-state index is 6.01. The molecule has 2 rings (SSSR count). The Balaban J connectivity index is 2.09. The van der Waals surface area contributed by atoms with Gasteiger partial charge in [0.15, 0.2) is 0 Å². The van der Waals surface area contributed by atoms with Gasteiger partial charge in [-0.2, -0.15) is 5.10 Å². The molecule has 0 bridgehead atoms. The summed E-state index contributed by atoms with van der Waals surface area (Å²) in [5.74, 6) is 0. The number of hydrogen-bond acceptors (Lipinski definition) is 2. The average Bonchev–Trinajstić information content (AvgIpc) is 2.73. The van der Waals surface area contributed by atoms with E-state index in [2.05, 4.69) is 34.6 Å². The van der Waals surface area contributed by atoms with Gasteiger partial charge < -0.3 is 4.74 Å². The third-order valence-corrected chi connectivity index (χ3v) is 4.32. The highest BCUT2D eigenvalue weighted by atomic mass is 127. The molecule has 0 saturated carbocycles. The average molecular weight is 306 g/mol. The summed E-state index contributed by atoms with van der Waals surface area (Å²) in [6, 6.07) is 2.05. The van der Waals surface area contributed by atoms with Gasteiger partial charge in [-0.25, -0.2) is 0 Å². The van der Waals surface area contributed by atoms with Gasteiger partial charge in [-0.3, -0.25) is 4.68 Å². The van der Waals surface area contributed by atoms with Crippen LogP contribution in [-0.4, -0.2) is 19.8 Å². The van der Waals surface area contributed by atoms with Crippen molar-refractivity contribution in [3.8, 4) is 0 Å². The van der Waals surface area contributed by atoms with Gasteiger partial charge in [0.25, 0.3) is 0 Å². The highest BCUT2D eigenvalue weighted by molar-refractivity contribution is 14.1. The van der Waals surface area contributed by atoms with Crippen molar-refractivity contribution in [2.75, 3.05) is 4.43 Å². The van der Waals surface area contributed by atoms with Gasteiger partial charge >= 0.3 is 0 Å². The maximum absolute atomic E-state index is 6.01. The molecule has 3 nitrogen and oxygen atoms in total. The van der Waals surface area contributed by atoms with E-state index in [0.717, 1.165) is 23.0 Å². The second kappa shape index (κ2) is 3.81. The molecular weight excluding hydrogens is 291 g/mol. The summed E-state index contributed by atoms with van der Waals surface area (Å²) in [6.07, 6.45) is 4.41. The molecule has 2 heterocycles. The highest BCUT2D eigenvalue weighted by Gasteiger charge is 2.36. The van der Waals surface area contributed by atoms with E-state index in [1.54, 1.807) is 0 Å². The van der Waals surface area contributed by atoms with Gasteiger partial charge in [0, 0.05) is 17.7 Å². The molecule has 78 valence electrons. The van der Waals surface area contributed by atoms with Crippen LogP contribution in [-0.2, 0) is 11.8 Å². The summed E-state index contributed by atoms with van der Waals surface area (Å²) in [5, 5.41) is 4.38. The van der Waals surface area contributed by atoms with E-state index < -0.39 is 0 Å². The molecule has 1 aliphatic rings. The quantitative estimate of drug-likeness (QED) is 0.620. The zero-order chi connectivity index (χ0) is 10.2. The van der Waals surface area contributed by atoms with E-state index >= 15 is 0 Å². The SMILES string of the molecule is Cn1ccc(C2CCC(C)(CI)O2)n1. The van der Waals surface area contributed by atoms with Gasteiger partial charge in [0.1, 0.15) is 6.10 Å². The van der Waals surface area contributed by atoms with Gasteiger partial charge in [-0.05, 0) is 25.8 Å². The third kappa shape index (κ3) is 1.95. The number of aromatic nitrogens is 2. The summed E-state index contributed by atoms with van der Waals surface area (Å²) in [4.78, 5) is 0. The normalized spacial score (nSPS) is 32.4. The van der Waals surface area contributed by atoms with Crippen molar-refractivity contribution in [3.05, 3.63) is 18.0 Å². The van der Waals surface area contributed by atoms with Crippen molar-refractivity contribution >= 4 is 22.6 Å². The number of hydrogen-bond donors (Lipinski definition) is 0. The fourth-order valence-electron chi connectivity index (χ4n) is 1.81. The number of aryl methyl sites for hydroxylation is 1. The first-order valence-corrected chi connectivity index (χ1v) is 6.39.